The summed E-state index contributed by atoms with van der Waals surface area (Å²) in [6, 6.07) is 8.89. The van der Waals surface area contributed by atoms with Gasteiger partial charge in [-0.1, -0.05) is 19.9 Å². The van der Waals surface area contributed by atoms with Crippen molar-refractivity contribution >= 4 is 38.4 Å². The molecule has 0 aliphatic heterocycles. The van der Waals surface area contributed by atoms with Gasteiger partial charge in [-0.3, -0.25) is 0 Å². The molecule has 140 valence electrons. The molecular formula is C23H28N4. The molecule has 4 nitrogen and oxygen atoms in total. The van der Waals surface area contributed by atoms with Crippen LogP contribution in [0.15, 0.2) is 30.5 Å². The monoisotopic (exact) mass is 360 g/mol. The summed E-state index contributed by atoms with van der Waals surface area (Å²) in [5.41, 5.74) is 12.5. The van der Waals surface area contributed by atoms with E-state index in [-0.39, 0.29) is 0 Å². The van der Waals surface area contributed by atoms with E-state index in [4.69, 9.17) is 5.73 Å². The lowest BCUT2D eigenvalue weighted by molar-refractivity contribution is 0.308. The molecule has 3 N–H and O–H groups in total. The second-order valence-electron chi connectivity index (χ2n) is 7.40. The van der Waals surface area contributed by atoms with Crippen molar-refractivity contribution in [3.8, 4) is 0 Å². The molecule has 0 radical (unpaired) electrons. The van der Waals surface area contributed by atoms with Gasteiger partial charge in [-0.15, -0.1) is 0 Å². The second-order valence-corrected chi connectivity index (χ2v) is 7.40. The van der Waals surface area contributed by atoms with Gasteiger partial charge in [0.1, 0.15) is 5.82 Å². The van der Waals surface area contributed by atoms with Gasteiger partial charge >= 0.3 is 0 Å². The molecule has 0 fully saturated rings. The molecule has 0 aliphatic rings. The SMILES string of the molecule is CCN(CC)CCc1ccc2[nH]c3c(C)c4ccnc(N)c4c(C)c3c2c1. The zero-order valence-corrected chi connectivity index (χ0v) is 16.7. The van der Waals surface area contributed by atoms with Crippen LogP contribution in [-0.4, -0.2) is 34.5 Å². The van der Waals surface area contributed by atoms with Gasteiger partial charge in [0, 0.05) is 34.4 Å². The molecule has 4 rings (SSSR count). The fourth-order valence-electron chi connectivity index (χ4n) is 4.34. The topological polar surface area (TPSA) is 57.9 Å². The number of benzene rings is 2. The van der Waals surface area contributed by atoms with Gasteiger partial charge in [-0.25, -0.2) is 4.98 Å². The highest BCUT2D eigenvalue weighted by Gasteiger charge is 2.16. The van der Waals surface area contributed by atoms with Gasteiger partial charge < -0.3 is 15.6 Å². The molecule has 0 unspecified atom stereocenters. The molecule has 2 heterocycles. The number of hydrogen-bond donors (Lipinski definition) is 2. The van der Waals surface area contributed by atoms with Crippen molar-refractivity contribution in [2.75, 3.05) is 25.4 Å². The number of anilines is 1. The normalized spacial score (nSPS) is 12.0. The quantitative estimate of drug-likeness (QED) is 0.529. The first kappa shape index (κ1) is 17.8. The molecule has 0 aliphatic carbocycles. The number of nitrogen functional groups attached to an aromatic ring is 1. The summed E-state index contributed by atoms with van der Waals surface area (Å²) >= 11 is 0. The van der Waals surface area contributed by atoms with Gasteiger partial charge in [-0.05, 0) is 73.6 Å². The number of nitrogens with two attached hydrogens (primary N) is 1. The van der Waals surface area contributed by atoms with Crippen molar-refractivity contribution in [3.05, 3.63) is 47.2 Å². The van der Waals surface area contributed by atoms with Gasteiger partial charge in [0.25, 0.3) is 0 Å². The van der Waals surface area contributed by atoms with Gasteiger partial charge in [0.05, 0.1) is 5.52 Å². The molecule has 0 spiro atoms. The van der Waals surface area contributed by atoms with Gasteiger partial charge in [-0.2, -0.15) is 0 Å². The highest BCUT2D eigenvalue weighted by molar-refractivity contribution is 6.17. The number of nitrogens with zero attached hydrogens (tertiary/aromatic N) is 2. The van der Waals surface area contributed by atoms with E-state index in [9.17, 15) is 0 Å². The fraction of sp³-hybridized carbons (Fsp3) is 0.348. The van der Waals surface area contributed by atoms with Crippen molar-refractivity contribution in [3.63, 3.8) is 0 Å². The average molecular weight is 361 g/mol. The van der Waals surface area contributed by atoms with Crippen molar-refractivity contribution in [2.45, 2.75) is 34.1 Å². The number of rotatable bonds is 5. The Hall–Kier alpha value is -2.59. The van der Waals surface area contributed by atoms with E-state index in [0.717, 1.165) is 31.4 Å². The van der Waals surface area contributed by atoms with E-state index in [2.05, 4.69) is 66.8 Å². The van der Waals surface area contributed by atoms with Crippen LogP contribution in [0.2, 0.25) is 0 Å². The third kappa shape index (κ3) is 2.85. The summed E-state index contributed by atoms with van der Waals surface area (Å²) in [6.45, 7) is 12.1. The summed E-state index contributed by atoms with van der Waals surface area (Å²) in [7, 11) is 0. The van der Waals surface area contributed by atoms with Crippen LogP contribution in [0.1, 0.15) is 30.5 Å². The molecule has 2 aromatic heterocycles. The number of nitrogens with one attached hydrogen (secondary N) is 1. The van der Waals surface area contributed by atoms with Crippen molar-refractivity contribution < 1.29 is 0 Å². The van der Waals surface area contributed by atoms with Crippen LogP contribution >= 0.6 is 0 Å². The minimum absolute atomic E-state index is 0.613. The predicted molar refractivity (Wildman–Crippen MR) is 116 cm³/mol. The third-order valence-electron chi connectivity index (χ3n) is 5.98. The fourth-order valence-corrected chi connectivity index (χ4v) is 4.34. The van der Waals surface area contributed by atoms with E-state index in [1.807, 2.05) is 0 Å². The first-order valence-corrected chi connectivity index (χ1v) is 9.85. The summed E-state index contributed by atoms with van der Waals surface area (Å²) in [6.07, 6.45) is 2.86. The largest absolute Gasteiger partial charge is 0.383 e. The van der Waals surface area contributed by atoms with E-state index in [1.165, 1.54) is 43.9 Å². The minimum atomic E-state index is 0.613. The molecule has 0 atom stereocenters. The Balaban J connectivity index is 1.92. The first-order valence-electron chi connectivity index (χ1n) is 9.85. The number of aromatic amines is 1. The van der Waals surface area contributed by atoms with E-state index in [1.54, 1.807) is 6.20 Å². The highest BCUT2D eigenvalue weighted by Crippen LogP contribution is 2.38. The van der Waals surface area contributed by atoms with Crippen molar-refractivity contribution in [1.29, 1.82) is 0 Å². The van der Waals surface area contributed by atoms with Crippen molar-refractivity contribution in [1.82, 2.24) is 14.9 Å². The Kier molecular flexibility index (Phi) is 4.52. The Morgan fingerprint density at radius 3 is 2.52 bits per heavy atom. The maximum absolute atomic E-state index is 6.24. The number of aromatic nitrogens is 2. The number of H-pyrrole nitrogens is 1. The van der Waals surface area contributed by atoms with E-state index in [0.29, 0.717) is 5.82 Å². The van der Waals surface area contributed by atoms with Crippen molar-refractivity contribution in [2.24, 2.45) is 0 Å². The first-order chi connectivity index (χ1) is 13.0. The maximum atomic E-state index is 6.24. The number of fused-ring (bicyclic) bond motifs is 4. The number of likely N-dealkylation sites (N-methyl/N-ethyl adjacent to an activating group) is 1. The molecule has 0 bridgehead atoms. The Bertz CT molecular complexity index is 1140. The summed E-state index contributed by atoms with van der Waals surface area (Å²) in [5, 5.41) is 4.82. The maximum Gasteiger partial charge on any atom is 0.131 e. The summed E-state index contributed by atoms with van der Waals surface area (Å²) in [4.78, 5) is 10.4. The highest BCUT2D eigenvalue weighted by atomic mass is 15.1. The lowest BCUT2D eigenvalue weighted by atomic mass is 9.95. The van der Waals surface area contributed by atoms with E-state index < -0.39 is 0 Å². The van der Waals surface area contributed by atoms with Crippen LogP contribution in [0.5, 0.6) is 0 Å². The van der Waals surface area contributed by atoms with Gasteiger partial charge in [0.15, 0.2) is 0 Å². The van der Waals surface area contributed by atoms with Crippen LogP contribution in [0.25, 0.3) is 32.6 Å². The third-order valence-corrected chi connectivity index (χ3v) is 5.98. The molecule has 4 heteroatoms. The zero-order chi connectivity index (χ0) is 19.1. The molecule has 2 aromatic carbocycles. The summed E-state index contributed by atoms with van der Waals surface area (Å²) < 4.78 is 0. The average Bonchev–Trinajstić information content (AvgIpc) is 3.06. The molecule has 4 aromatic rings. The predicted octanol–water partition coefficient (Wildman–Crippen LogP) is 4.95. The van der Waals surface area contributed by atoms with Crippen LogP contribution in [0.4, 0.5) is 5.82 Å². The Morgan fingerprint density at radius 2 is 1.78 bits per heavy atom. The Morgan fingerprint density at radius 1 is 1.00 bits per heavy atom. The van der Waals surface area contributed by atoms with E-state index >= 15 is 0 Å². The minimum Gasteiger partial charge on any atom is -0.383 e. The van der Waals surface area contributed by atoms with Crippen LogP contribution in [0.3, 0.4) is 0 Å². The molecule has 0 saturated carbocycles. The van der Waals surface area contributed by atoms with Crippen LogP contribution in [0, 0.1) is 13.8 Å². The zero-order valence-electron chi connectivity index (χ0n) is 16.7. The smallest absolute Gasteiger partial charge is 0.131 e. The number of pyridine rings is 1. The Labute approximate surface area is 160 Å². The molecule has 0 amide bonds. The van der Waals surface area contributed by atoms with Crippen LogP contribution in [-0.2, 0) is 6.42 Å². The molecular weight excluding hydrogens is 332 g/mol. The molecule has 27 heavy (non-hydrogen) atoms. The van der Waals surface area contributed by atoms with Crippen LogP contribution < -0.4 is 5.73 Å². The molecule has 0 saturated heterocycles. The lowest BCUT2D eigenvalue weighted by Crippen LogP contribution is -2.25. The summed E-state index contributed by atoms with van der Waals surface area (Å²) in [5.74, 6) is 0.613. The van der Waals surface area contributed by atoms with Gasteiger partial charge in [0.2, 0.25) is 0 Å². The number of hydrogen-bond acceptors (Lipinski definition) is 3. The number of aryl methyl sites for hydroxylation is 2. The lowest BCUT2D eigenvalue weighted by Gasteiger charge is -2.17. The second kappa shape index (κ2) is 6.86. The standard InChI is InChI=1S/C23H28N4/c1-5-27(6-2)12-10-16-7-8-19-18(13-16)20-15(4)21-17(9-11-25-23(21)24)14(3)22(20)26-19/h7-9,11,13,26H,5-6,10,12H2,1-4H3,(H2,24,25).